The molecule has 98 valence electrons. The van der Waals surface area contributed by atoms with Gasteiger partial charge in [-0.05, 0) is 43.2 Å². The predicted molar refractivity (Wildman–Crippen MR) is 78.5 cm³/mol. The molecule has 1 fully saturated rings. The number of para-hydroxylation sites is 1. The number of nitrogens with zero attached hydrogens (tertiary/aromatic N) is 1. The van der Waals surface area contributed by atoms with Crippen molar-refractivity contribution in [3.05, 3.63) is 23.8 Å². The molecule has 0 spiro atoms. The highest BCUT2D eigenvalue weighted by atomic mass is 15.2. The van der Waals surface area contributed by atoms with E-state index in [0.29, 0.717) is 0 Å². The fourth-order valence-electron chi connectivity index (χ4n) is 3.52. The van der Waals surface area contributed by atoms with E-state index >= 15 is 0 Å². The third-order valence-corrected chi connectivity index (χ3v) is 4.43. The van der Waals surface area contributed by atoms with Gasteiger partial charge in [0.05, 0.1) is 11.4 Å². The van der Waals surface area contributed by atoms with Crippen LogP contribution in [0.25, 0.3) is 0 Å². The molecule has 1 aromatic carbocycles. The number of fused-ring (bicyclic) bond motifs is 1. The van der Waals surface area contributed by atoms with Gasteiger partial charge < -0.3 is 10.2 Å². The molecule has 2 heterocycles. The van der Waals surface area contributed by atoms with E-state index in [1.54, 1.807) is 0 Å². The highest BCUT2D eigenvalue weighted by Crippen LogP contribution is 2.38. The molecule has 18 heavy (non-hydrogen) atoms. The van der Waals surface area contributed by atoms with E-state index in [4.69, 9.17) is 0 Å². The minimum atomic E-state index is 0.722. The SMILES string of the molecule is CC(C)C1CCCN1c1cccc2c1NCCC2. The van der Waals surface area contributed by atoms with Gasteiger partial charge in [0, 0.05) is 19.1 Å². The molecule has 1 unspecified atom stereocenters. The molecule has 2 nitrogen and oxygen atoms in total. The number of benzene rings is 1. The van der Waals surface area contributed by atoms with Crippen LogP contribution >= 0.6 is 0 Å². The fourth-order valence-corrected chi connectivity index (χ4v) is 3.52. The Morgan fingerprint density at radius 1 is 1.28 bits per heavy atom. The molecule has 2 heteroatoms. The van der Waals surface area contributed by atoms with Gasteiger partial charge in [0.2, 0.25) is 0 Å². The Balaban J connectivity index is 1.96. The monoisotopic (exact) mass is 244 g/mol. The van der Waals surface area contributed by atoms with Crippen LogP contribution < -0.4 is 10.2 Å². The third-order valence-electron chi connectivity index (χ3n) is 4.43. The maximum Gasteiger partial charge on any atom is 0.0610 e. The number of hydrogen-bond acceptors (Lipinski definition) is 2. The summed E-state index contributed by atoms with van der Waals surface area (Å²) in [5, 5.41) is 3.63. The smallest absolute Gasteiger partial charge is 0.0610 e. The van der Waals surface area contributed by atoms with Crippen LogP contribution in [0.2, 0.25) is 0 Å². The Hall–Kier alpha value is -1.18. The molecule has 0 bridgehead atoms. The van der Waals surface area contributed by atoms with Crippen molar-refractivity contribution in [2.24, 2.45) is 5.92 Å². The van der Waals surface area contributed by atoms with Gasteiger partial charge >= 0.3 is 0 Å². The lowest BCUT2D eigenvalue weighted by Crippen LogP contribution is -2.34. The molecule has 0 aliphatic carbocycles. The van der Waals surface area contributed by atoms with E-state index < -0.39 is 0 Å². The average molecular weight is 244 g/mol. The predicted octanol–water partition coefficient (Wildman–Crippen LogP) is 3.67. The molecule has 0 aromatic heterocycles. The Morgan fingerprint density at radius 2 is 2.17 bits per heavy atom. The molecule has 0 radical (unpaired) electrons. The zero-order chi connectivity index (χ0) is 12.5. The minimum Gasteiger partial charge on any atom is -0.383 e. The lowest BCUT2D eigenvalue weighted by molar-refractivity contribution is 0.492. The molecule has 0 amide bonds. The van der Waals surface area contributed by atoms with Gasteiger partial charge in [-0.2, -0.15) is 0 Å². The van der Waals surface area contributed by atoms with Crippen molar-refractivity contribution in [1.82, 2.24) is 0 Å². The summed E-state index contributed by atoms with van der Waals surface area (Å²) < 4.78 is 0. The van der Waals surface area contributed by atoms with Crippen LogP contribution in [0, 0.1) is 5.92 Å². The summed E-state index contributed by atoms with van der Waals surface area (Å²) in [7, 11) is 0. The quantitative estimate of drug-likeness (QED) is 0.854. The van der Waals surface area contributed by atoms with Crippen LogP contribution in [0.15, 0.2) is 18.2 Å². The summed E-state index contributed by atoms with van der Waals surface area (Å²) in [5.74, 6) is 0.743. The standard InChI is InChI=1S/C16H24N2/c1-12(2)14-9-5-11-18(14)15-8-3-6-13-7-4-10-17-16(13)15/h3,6,8,12,14,17H,4-5,7,9-11H2,1-2H3. The zero-order valence-corrected chi connectivity index (χ0v) is 11.6. The number of hydrogen-bond donors (Lipinski definition) is 1. The van der Waals surface area contributed by atoms with Crippen molar-refractivity contribution in [1.29, 1.82) is 0 Å². The number of aryl methyl sites for hydroxylation is 1. The summed E-state index contributed by atoms with van der Waals surface area (Å²) >= 11 is 0. The van der Waals surface area contributed by atoms with Crippen molar-refractivity contribution < 1.29 is 0 Å². The topological polar surface area (TPSA) is 15.3 Å². The summed E-state index contributed by atoms with van der Waals surface area (Å²) in [6.45, 7) is 7.06. The van der Waals surface area contributed by atoms with Gasteiger partial charge in [0.15, 0.2) is 0 Å². The minimum absolute atomic E-state index is 0.722. The fraction of sp³-hybridized carbons (Fsp3) is 0.625. The van der Waals surface area contributed by atoms with E-state index in [1.165, 1.54) is 49.2 Å². The highest BCUT2D eigenvalue weighted by molar-refractivity contribution is 5.75. The zero-order valence-electron chi connectivity index (χ0n) is 11.6. The molecule has 1 N–H and O–H groups in total. The van der Waals surface area contributed by atoms with Crippen LogP contribution in [0.1, 0.15) is 38.7 Å². The van der Waals surface area contributed by atoms with Crippen LogP contribution in [-0.4, -0.2) is 19.1 Å². The lowest BCUT2D eigenvalue weighted by atomic mass is 9.98. The van der Waals surface area contributed by atoms with Crippen LogP contribution in [-0.2, 0) is 6.42 Å². The van der Waals surface area contributed by atoms with Crippen LogP contribution in [0.4, 0.5) is 11.4 Å². The summed E-state index contributed by atoms with van der Waals surface area (Å²) in [6, 6.07) is 7.54. The van der Waals surface area contributed by atoms with Crippen molar-refractivity contribution in [3.8, 4) is 0 Å². The Labute approximate surface area is 110 Å². The van der Waals surface area contributed by atoms with Crippen LogP contribution in [0.5, 0.6) is 0 Å². The van der Waals surface area contributed by atoms with Gasteiger partial charge in [-0.25, -0.2) is 0 Å². The van der Waals surface area contributed by atoms with Gasteiger partial charge in [-0.3, -0.25) is 0 Å². The molecule has 2 aliphatic heterocycles. The molecule has 2 aliphatic rings. The van der Waals surface area contributed by atoms with E-state index in [9.17, 15) is 0 Å². The van der Waals surface area contributed by atoms with Crippen LogP contribution in [0.3, 0.4) is 0 Å². The first-order valence-electron chi connectivity index (χ1n) is 7.40. The lowest BCUT2D eigenvalue weighted by Gasteiger charge is -2.33. The summed E-state index contributed by atoms with van der Waals surface area (Å²) in [6.07, 6.45) is 5.19. The number of anilines is 2. The highest BCUT2D eigenvalue weighted by Gasteiger charge is 2.29. The van der Waals surface area contributed by atoms with Crippen molar-refractivity contribution >= 4 is 11.4 Å². The van der Waals surface area contributed by atoms with E-state index in [1.807, 2.05) is 0 Å². The van der Waals surface area contributed by atoms with Crippen molar-refractivity contribution in [2.45, 2.75) is 45.6 Å². The average Bonchev–Trinajstić information content (AvgIpc) is 2.87. The third kappa shape index (κ3) is 1.98. The summed E-state index contributed by atoms with van der Waals surface area (Å²) in [4.78, 5) is 2.64. The molecule has 3 rings (SSSR count). The second-order valence-corrected chi connectivity index (χ2v) is 5.99. The Kier molecular flexibility index (Phi) is 3.19. The van der Waals surface area contributed by atoms with E-state index in [0.717, 1.165) is 18.5 Å². The first-order valence-corrected chi connectivity index (χ1v) is 7.40. The Bertz CT molecular complexity index is 425. The first-order chi connectivity index (χ1) is 8.77. The Morgan fingerprint density at radius 3 is 3.00 bits per heavy atom. The molecule has 1 atom stereocenters. The van der Waals surface area contributed by atoms with Gasteiger partial charge in [0.25, 0.3) is 0 Å². The number of rotatable bonds is 2. The molecule has 1 saturated heterocycles. The van der Waals surface area contributed by atoms with E-state index in [2.05, 4.69) is 42.3 Å². The molecular weight excluding hydrogens is 220 g/mol. The van der Waals surface area contributed by atoms with Crippen molar-refractivity contribution in [2.75, 3.05) is 23.3 Å². The van der Waals surface area contributed by atoms with Crippen molar-refractivity contribution in [3.63, 3.8) is 0 Å². The second kappa shape index (κ2) is 4.83. The van der Waals surface area contributed by atoms with Gasteiger partial charge in [-0.15, -0.1) is 0 Å². The van der Waals surface area contributed by atoms with Gasteiger partial charge in [-0.1, -0.05) is 26.0 Å². The molecule has 0 saturated carbocycles. The summed E-state index contributed by atoms with van der Waals surface area (Å²) in [5.41, 5.74) is 4.37. The largest absolute Gasteiger partial charge is 0.383 e. The molecular formula is C16H24N2. The normalized spacial score (nSPS) is 23.1. The first kappa shape index (κ1) is 11.9. The molecule has 1 aromatic rings. The maximum atomic E-state index is 3.63. The second-order valence-electron chi connectivity index (χ2n) is 5.99. The van der Waals surface area contributed by atoms with E-state index in [-0.39, 0.29) is 0 Å². The number of nitrogens with one attached hydrogen (secondary N) is 1. The van der Waals surface area contributed by atoms with Gasteiger partial charge in [0.1, 0.15) is 0 Å². The maximum absolute atomic E-state index is 3.63.